The predicted molar refractivity (Wildman–Crippen MR) is 140 cm³/mol. The first kappa shape index (κ1) is 35.4. The van der Waals surface area contributed by atoms with Crippen molar-refractivity contribution in [2.45, 2.75) is 119 Å². The van der Waals surface area contributed by atoms with E-state index in [9.17, 15) is 50.1 Å². The van der Waals surface area contributed by atoms with Crippen molar-refractivity contribution >= 4 is 17.7 Å². The van der Waals surface area contributed by atoms with Gasteiger partial charge in [-0.1, -0.05) is 0 Å². The molecule has 3 fully saturated rings. The van der Waals surface area contributed by atoms with Crippen molar-refractivity contribution in [3.63, 3.8) is 0 Å². The number of amides is 3. The maximum absolute atomic E-state index is 12.0. The van der Waals surface area contributed by atoms with Crippen molar-refractivity contribution in [3.05, 3.63) is 0 Å². The summed E-state index contributed by atoms with van der Waals surface area (Å²) in [6, 6.07) is -3.61. The molecule has 3 heterocycles. The fraction of sp³-hybridized carbons (Fsp3) is 0.880. The highest BCUT2D eigenvalue weighted by atomic mass is 16.7. The minimum atomic E-state index is -1.64. The molecule has 0 aromatic heterocycles. The highest BCUT2D eigenvalue weighted by Gasteiger charge is 2.52. The smallest absolute Gasteiger partial charge is 0.217 e. The monoisotopic (exact) mass is 625 g/mol. The molecule has 0 spiro atoms. The van der Waals surface area contributed by atoms with Crippen molar-refractivity contribution in [2.24, 2.45) is 0 Å². The number of aliphatic hydroxyl groups excluding tert-OH is 7. The topological polar surface area (TPSA) is 275 Å². The van der Waals surface area contributed by atoms with Crippen LogP contribution in [0.2, 0.25) is 0 Å². The molecule has 18 nitrogen and oxygen atoms in total. The molecular formula is C25H43N3O15. The number of aliphatic hydroxyl groups is 7. The molecule has 3 rings (SSSR count). The van der Waals surface area contributed by atoms with Crippen LogP contribution >= 0.6 is 0 Å². The summed E-state index contributed by atoms with van der Waals surface area (Å²) in [5.41, 5.74) is 0. The fourth-order valence-electron chi connectivity index (χ4n) is 5.41. The van der Waals surface area contributed by atoms with Crippen molar-refractivity contribution < 1.29 is 73.8 Å². The van der Waals surface area contributed by atoms with Gasteiger partial charge in [0, 0.05) is 20.8 Å². The molecule has 3 amide bonds. The van der Waals surface area contributed by atoms with Gasteiger partial charge in [-0.05, 0) is 6.92 Å². The van der Waals surface area contributed by atoms with Crippen LogP contribution in [0.3, 0.4) is 0 Å². The number of hydrogen-bond donors (Lipinski definition) is 10. The fourth-order valence-corrected chi connectivity index (χ4v) is 5.41. The Morgan fingerprint density at radius 1 is 0.628 bits per heavy atom. The average molecular weight is 626 g/mol. The summed E-state index contributed by atoms with van der Waals surface area (Å²) >= 11 is 0. The zero-order valence-electron chi connectivity index (χ0n) is 24.2. The minimum absolute atomic E-state index is 0.443. The SMILES string of the molecule is CC(=O)NC1[C@H](OCC2OC(C)C(NC(C)=O)[C@@H](O[C@@H]3OC(CO)[C@H](O)[C@H](O)C3NC(C)=O)[C@H]2O)OC(CO)[C@H](O)[C@@H]1O. The molecule has 15 atom stereocenters. The Kier molecular flexibility index (Phi) is 12.6. The van der Waals surface area contributed by atoms with E-state index in [1.807, 2.05) is 0 Å². The van der Waals surface area contributed by atoms with Gasteiger partial charge in [-0.25, -0.2) is 0 Å². The first-order chi connectivity index (χ1) is 20.2. The third-order valence-corrected chi connectivity index (χ3v) is 7.55. The summed E-state index contributed by atoms with van der Waals surface area (Å²) in [4.78, 5) is 35.6. The molecule has 248 valence electrons. The Bertz CT molecular complexity index is 961. The van der Waals surface area contributed by atoms with Crippen LogP contribution < -0.4 is 16.0 Å². The number of carbonyl (C=O) groups excluding carboxylic acids is 3. The Morgan fingerprint density at radius 2 is 1.07 bits per heavy atom. The summed E-state index contributed by atoms with van der Waals surface area (Å²) in [7, 11) is 0. The number of ether oxygens (including phenoxy) is 5. The van der Waals surface area contributed by atoms with E-state index in [0.29, 0.717) is 0 Å². The second-order valence-corrected chi connectivity index (χ2v) is 10.9. The van der Waals surface area contributed by atoms with E-state index < -0.39 is 129 Å². The lowest BCUT2D eigenvalue weighted by atomic mass is 9.92. The van der Waals surface area contributed by atoms with E-state index >= 15 is 0 Å². The first-order valence-electron chi connectivity index (χ1n) is 13.9. The molecule has 18 heteroatoms. The Balaban J connectivity index is 1.84. The van der Waals surface area contributed by atoms with Gasteiger partial charge >= 0.3 is 0 Å². The van der Waals surface area contributed by atoms with Crippen molar-refractivity contribution in [1.82, 2.24) is 16.0 Å². The largest absolute Gasteiger partial charge is 0.394 e. The van der Waals surface area contributed by atoms with Crippen LogP contribution in [-0.4, -0.2) is 165 Å². The molecule has 3 aliphatic heterocycles. The quantitative estimate of drug-likeness (QED) is 0.108. The van der Waals surface area contributed by atoms with E-state index in [0.717, 1.165) is 6.92 Å². The van der Waals surface area contributed by atoms with Gasteiger partial charge in [-0.15, -0.1) is 0 Å². The van der Waals surface area contributed by atoms with Crippen LogP contribution in [-0.2, 0) is 38.1 Å². The zero-order chi connectivity index (χ0) is 32.2. The predicted octanol–water partition coefficient (Wildman–Crippen LogP) is -6.07. The van der Waals surface area contributed by atoms with E-state index in [-0.39, 0.29) is 0 Å². The maximum atomic E-state index is 12.0. The molecule has 0 radical (unpaired) electrons. The van der Waals surface area contributed by atoms with Crippen LogP contribution in [0, 0.1) is 0 Å². The van der Waals surface area contributed by atoms with Crippen molar-refractivity contribution in [3.8, 4) is 0 Å². The van der Waals surface area contributed by atoms with Gasteiger partial charge < -0.3 is 75.4 Å². The lowest BCUT2D eigenvalue weighted by Crippen LogP contribution is -2.69. The van der Waals surface area contributed by atoms with Gasteiger partial charge in [0.05, 0.1) is 32.0 Å². The third-order valence-electron chi connectivity index (χ3n) is 7.55. The number of nitrogens with one attached hydrogen (secondary N) is 3. The van der Waals surface area contributed by atoms with Crippen LogP contribution in [0.4, 0.5) is 0 Å². The van der Waals surface area contributed by atoms with Gasteiger partial charge in [-0.2, -0.15) is 0 Å². The summed E-state index contributed by atoms with van der Waals surface area (Å²) in [6.07, 6.45) is -16.8. The van der Waals surface area contributed by atoms with E-state index in [4.69, 9.17) is 23.7 Å². The molecule has 0 aromatic carbocycles. The van der Waals surface area contributed by atoms with Crippen molar-refractivity contribution in [2.75, 3.05) is 19.8 Å². The number of rotatable bonds is 10. The Labute approximate surface area is 247 Å². The molecule has 0 aromatic rings. The molecule has 0 bridgehead atoms. The lowest BCUT2D eigenvalue weighted by Gasteiger charge is -2.48. The average Bonchev–Trinajstić information content (AvgIpc) is 2.93. The number of carbonyl (C=O) groups is 3. The molecule has 0 aliphatic carbocycles. The molecule has 0 saturated carbocycles. The summed E-state index contributed by atoms with van der Waals surface area (Å²) in [5, 5.41) is 79.8. The van der Waals surface area contributed by atoms with Crippen LogP contribution in [0.5, 0.6) is 0 Å². The first-order valence-corrected chi connectivity index (χ1v) is 13.9. The summed E-state index contributed by atoms with van der Waals surface area (Å²) in [6.45, 7) is 3.29. The minimum Gasteiger partial charge on any atom is -0.394 e. The molecule has 10 N–H and O–H groups in total. The van der Waals surface area contributed by atoms with Crippen LogP contribution in [0.1, 0.15) is 27.7 Å². The highest BCUT2D eigenvalue weighted by Crippen LogP contribution is 2.30. The zero-order valence-corrected chi connectivity index (χ0v) is 24.2. The van der Waals surface area contributed by atoms with E-state index in [2.05, 4.69) is 16.0 Å². The molecular weight excluding hydrogens is 582 g/mol. The summed E-state index contributed by atoms with van der Waals surface area (Å²) in [5.74, 6) is -1.67. The molecule has 3 saturated heterocycles. The van der Waals surface area contributed by atoms with Gasteiger partial charge in [-0.3, -0.25) is 14.4 Å². The lowest BCUT2D eigenvalue weighted by molar-refractivity contribution is -0.315. The van der Waals surface area contributed by atoms with E-state index in [1.54, 1.807) is 6.92 Å². The highest BCUT2D eigenvalue weighted by molar-refractivity contribution is 5.74. The number of hydrogen-bond acceptors (Lipinski definition) is 15. The van der Waals surface area contributed by atoms with Crippen molar-refractivity contribution in [1.29, 1.82) is 0 Å². The second-order valence-electron chi connectivity index (χ2n) is 10.9. The summed E-state index contributed by atoms with van der Waals surface area (Å²) < 4.78 is 28.9. The van der Waals surface area contributed by atoms with E-state index in [1.165, 1.54) is 13.8 Å². The normalized spacial score (nSPS) is 43.5. The standard InChI is InChI=1S/C25H43N3O15/c1-8-15(26-9(2)31)23(43-25-17(28-11(4)33)22(38)19(35)13(6-30)42-25)20(36)14(40-8)7-39-24-16(27-10(3)32)21(37)18(34)12(5-29)41-24/h8,12-25,29-30,34-38H,5-7H2,1-4H3,(H,26,31)(H,27,32)(H,28,33)/t8?,12?,13?,14?,15?,16?,17?,18-,19-,20-,21+,22+,23+,24+,25-/m0/s1. The van der Waals surface area contributed by atoms with Crippen LogP contribution in [0.15, 0.2) is 0 Å². The maximum Gasteiger partial charge on any atom is 0.217 e. The molecule has 43 heavy (non-hydrogen) atoms. The van der Waals surface area contributed by atoms with Gasteiger partial charge in [0.25, 0.3) is 0 Å². The third kappa shape index (κ3) is 8.35. The van der Waals surface area contributed by atoms with Gasteiger partial charge in [0.1, 0.15) is 67.0 Å². The Hall–Kier alpha value is -2.07. The van der Waals surface area contributed by atoms with Gasteiger partial charge in [0.2, 0.25) is 17.7 Å². The molecule has 7 unspecified atom stereocenters. The van der Waals surface area contributed by atoms with Gasteiger partial charge in [0.15, 0.2) is 12.6 Å². The Morgan fingerprint density at radius 3 is 1.53 bits per heavy atom. The molecule has 3 aliphatic rings. The second kappa shape index (κ2) is 15.3. The van der Waals surface area contributed by atoms with Crippen LogP contribution in [0.25, 0.3) is 0 Å².